The number of rotatable bonds is 4. The van der Waals surface area contributed by atoms with E-state index in [9.17, 15) is 9.59 Å². The minimum atomic E-state index is -0.490. The summed E-state index contributed by atoms with van der Waals surface area (Å²) in [5.74, 6) is 0.749. The van der Waals surface area contributed by atoms with Crippen molar-refractivity contribution in [1.82, 2.24) is 0 Å². The SMILES string of the molecule is O=C(CN1C(=O)CSc2ccccc21)OCc1cc(Cl)c2c(c1)OCCO2. The van der Waals surface area contributed by atoms with E-state index in [0.717, 1.165) is 10.6 Å². The molecule has 2 aromatic carbocycles. The van der Waals surface area contributed by atoms with Gasteiger partial charge >= 0.3 is 5.97 Å². The zero-order chi connectivity index (χ0) is 18.8. The molecule has 2 aliphatic heterocycles. The van der Waals surface area contributed by atoms with Gasteiger partial charge in [-0.25, -0.2) is 0 Å². The van der Waals surface area contributed by atoms with E-state index >= 15 is 0 Å². The fourth-order valence-electron chi connectivity index (χ4n) is 2.91. The van der Waals surface area contributed by atoms with Gasteiger partial charge in [-0.3, -0.25) is 14.5 Å². The molecule has 0 atom stereocenters. The van der Waals surface area contributed by atoms with E-state index in [-0.39, 0.29) is 19.1 Å². The average molecular weight is 406 g/mol. The number of para-hydroxylation sites is 1. The molecule has 6 nitrogen and oxygen atoms in total. The van der Waals surface area contributed by atoms with Gasteiger partial charge in [0.25, 0.3) is 0 Å². The zero-order valence-electron chi connectivity index (χ0n) is 14.3. The van der Waals surface area contributed by atoms with Crippen molar-refractivity contribution >= 4 is 40.9 Å². The second kappa shape index (κ2) is 7.70. The van der Waals surface area contributed by atoms with Crippen LogP contribution in [-0.2, 0) is 20.9 Å². The number of anilines is 1. The average Bonchev–Trinajstić information content (AvgIpc) is 2.69. The highest BCUT2D eigenvalue weighted by Crippen LogP contribution is 2.38. The van der Waals surface area contributed by atoms with Crippen molar-refractivity contribution in [3.05, 3.63) is 47.0 Å². The number of benzene rings is 2. The Morgan fingerprint density at radius 2 is 2.04 bits per heavy atom. The zero-order valence-corrected chi connectivity index (χ0v) is 15.8. The highest BCUT2D eigenvalue weighted by Gasteiger charge is 2.27. The van der Waals surface area contributed by atoms with Gasteiger partial charge in [-0.05, 0) is 29.8 Å². The normalized spacial score (nSPS) is 15.3. The summed E-state index contributed by atoms with van der Waals surface area (Å²) in [7, 11) is 0. The van der Waals surface area contributed by atoms with Crippen LogP contribution in [-0.4, -0.2) is 37.4 Å². The number of hydrogen-bond acceptors (Lipinski definition) is 6. The smallest absolute Gasteiger partial charge is 0.326 e. The van der Waals surface area contributed by atoms with Gasteiger partial charge in [0.1, 0.15) is 26.4 Å². The molecular formula is C19H16ClNO5S. The minimum Gasteiger partial charge on any atom is -0.486 e. The Labute approximate surface area is 165 Å². The van der Waals surface area contributed by atoms with E-state index in [1.54, 1.807) is 12.1 Å². The summed E-state index contributed by atoms with van der Waals surface area (Å²) in [6.07, 6.45) is 0. The number of esters is 1. The lowest BCUT2D eigenvalue weighted by Crippen LogP contribution is -2.39. The van der Waals surface area contributed by atoms with Gasteiger partial charge in [-0.2, -0.15) is 0 Å². The monoisotopic (exact) mass is 405 g/mol. The fourth-order valence-corrected chi connectivity index (χ4v) is 4.14. The lowest BCUT2D eigenvalue weighted by atomic mass is 10.2. The summed E-state index contributed by atoms with van der Waals surface area (Å²) in [5, 5.41) is 0.412. The molecular weight excluding hydrogens is 390 g/mol. The van der Waals surface area contributed by atoms with Crippen molar-refractivity contribution in [1.29, 1.82) is 0 Å². The topological polar surface area (TPSA) is 65.1 Å². The molecule has 0 unspecified atom stereocenters. The molecule has 0 saturated carbocycles. The number of amides is 1. The van der Waals surface area contributed by atoms with Gasteiger partial charge in [0.2, 0.25) is 5.91 Å². The van der Waals surface area contributed by atoms with Gasteiger partial charge in [-0.15, -0.1) is 11.8 Å². The van der Waals surface area contributed by atoms with Gasteiger partial charge in [0.05, 0.1) is 16.5 Å². The Morgan fingerprint density at radius 3 is 2.93 bits per heavy atom. The van der Waals surface area contributed by atoms with E-state index in [1.807, 2.05) is 24.3 Å². The maximum atomic E-state index is 12.3. The van der Waals surface area contributed by atoms with Crippen LogP contribution in [0, 0.1) is 0 Å². The summed E-state index contributed by atoms with van der Waals surface area (Å²) < 4.78 is 16.3. The molecule has 1 amide bonds. The minimum absolute atomic E-state index is 0.0353. The summed E-state index contributed by atoms with van der Waals surface area (Å²) in [6, 6.07) is 10.9. The first kappa shape index (κ1) is 18.0. The molecule has 2 aromatic rings. The molecule has 140 valence electrons. The lowest BCUT2D eigenvalue weighted by molar-refractivity contribution is -0.144. The first-order valence-corrected chi connectivity index (χ1v) is 9.74. The lowest BCUT2D eigenvalue weighted by Gasteiger charge is -2.28. The number of ether oxygens (including phenoxy) is 3. The number of fused-ring (bicyclic) bond motifs is 2. The van der Waals surface area contributed by atoms with Gasteiger partial charge in [0, 0.05) is 4.90 Å². The molecule has 0 radical (unpaired) electrons. The third kappa shape index (κ3) is 3.84. The first-order chi connectivity index (χ1) is 13.1. The van der Waals surface area contributed by atoms with E-state index in [4.69, 9.17) is 25.8 Å². The quantitative estimate of drug-likeness (QED) is 0.727. The summed E-state index contributed by atoms with van der Waals surface area (Å²) in [4.78, 5) is 27.0. The van der Waals surface area contributed by atoms with E-state index in [2.05, 4.69) is 0 Å². The standard InChI is InChI=1S/C19H16ClNO5S/c20-13-7-12(8-15-19(13)25-6-5-24-15)10-26-18(23)9-21-14-3-1-2-4-16(14)27-11-17(21)22/h1-4,7-8H,5-6,9-11H2. The third-order valence-electron chi connectivity index (χ3n) is 4.15. The number of halogens is 1. The summed E-state index contributed by atoms with van der Waals surface area (Å²) in [5.41, 5.74) is 1.43. The van der Waals surface area contributed by atoms with Crippen LogP contribution in [0.3, 0.4) is 0 Å². The predicted molar refractivity (Wildman–Crippen MR) is 102 cm³/mol. The van der Waals surface area contributed by atoms with Crippen LogP contribution in [0.1, 0.15) is 5.56 Å². The molecule has 0 N–H and O–H groups in total. The molecule has 0 saturated heterocycles. The molecule has 0 spiro atoms. The Hall–Kier alpha value is -2.38. The van der Waals surface area contributed by atoms with E-state index in [0.29, 0.717) is 41.1 Å². The van der Waals surface area contributed by atoms with Crippen LogP contribution in [0.25, 0.3) is 0 Å². The molecule has 8 heteroatoms. The summed E-state index contributed by atoms with van der Waals surface area (Å²) in [6.45, 7) is 0.800. The molecule has 0 aliphatic carbocycles. The number of carbonyl (C=O) groups excluding carboxylic acids is 2. The largest absolute Gasteiger partial charge is 0.486 e. The Kier molecular flexibility index (Phi) is 5.13. The van der Waals surface area contributed by atoms with Crippen molar-refractivity contribution in [2.24, 2.45) is 0 Å². The van der Waals surface area contributed by atoms with Crippen LogP contribution < -0.4 is 14.4 Å². The van der Waals surface area contributed by atoms with Crippen LogP contribution in [0.2, 0.25) is 5.02 Å². The molecule has 0 bridgehead atoms. The molecule has 2 heterocycles. The first-order valence-electron chi connectivity index (χ1n) is 8.37. The highest BCUT2D eigenvalue weighted by atomic mass is 35.5. The van der Waals surface area contributed by atoms with Crippen molar-refractivity contribution < 1.29 is 23.8 Å². The Morgan fingerprint density at radius 1 is 1.22 bits per heavy atom. The Balaban J connectivity index is 1.42. The summed E-state index contributed by atoms with van der Waals surface area (Å²) >= 11 is 7.66. The predicted octanol–water partition coefficient (Wildman–Crippen LogP) is 3.29. The second-order valence-electron chi connectivity index (χ2n) is 6.00. The maximum Gasteiger partial charge on any atom is 0.326 e. The van der Waals surface area contributed by atoms with Crippen molar-refractivity contribution in [2.45, 2.75) is 11.5 Å². The molecule has 4 rings (SSSR count). The molecule has 27 heavy (non-hydrogen) atoms. The van der Waals surface area contributed by atoms with Crippen LogP contribution in [0.15, 0.2) is 41.3 Å². The van der Waals surface area contributed by atoms with E-state index < -0.39 is 5.97 Å². The number of carbonyl (C=O) groups is 2. The van der Waals surface area contributed by atoms with Crippen molar-refractivity contribution in [2.75, 3.05) is 30.4 Å². The van der Waals surface area contributed by atoms with Gasteiger partial charge < -0.3 is 14.2 Å². The van der Waals surface area contributed by atoms with Crippen LogP contribution >= 0.6 is 23.4 Å². The number of nitrogens with zero attached hydrogens (tertiary/aromatic N) is 1. The van der Waals surface area contributed by atoms with Crippen LogP contribution in [0.5, 0.6) is 11.5 Å². The van der Waals surface area contributed by atoms with Crippen LogP contribution in [0.4, 0.5) is 5.69 Å². The van der Waals surface area contributed by atoms with Gasteiger partial charge in [-0.1, -0.05) is 23.7 Å². The third-order valence-corrected chi connectivity index (χ3v) is 5.48. The highest BCUT2D eigenvalue weighted by molar-refractivity contribution is 8.00. The molecule has 2 aliphatic rings. The molecule has 0 aromatic heterocycles. The van der Waals surface area contributed by atoms with Crippen molar-refractivity contribution in [3.63, 3.8) is 0 Å². The van der Waals surface area contributed by atoms with E-state index in [1.165, 1.54) is 16.7 Å². The Bertz CT molecular complexity index is 904. The number of hydrogen-bond donors (Lipinski definition) is 0. The maximum absolute atomic E-state index is 12.3. The number of thioether (sulfide) groups is 1. The van der Waals surface area contributed by atoms with Crippen molar-refractivity contribution in [3.8, 4) is 11.5 Å². The molecule has 0 fully saturated rings. The van der Waals surface area contributed by atoms with Gasteiger partial charge in [0.15, 0.2) is 11.5 Å². The second-order valence-corrected chi connectivity index (χ2v) is 7.42. The fraction of sp³-hybridized carbons (Fsp3) is 0.263.